The Morgan fingerprint density at radius 1 is 1.32 bits per heavy atom. The van der Waals surface area contributed by atoms with E-state index in [1.54, 1.807) is 11.3 Å². The molecule has 2 rings (SSSR count). The second-order valence-electron chi connectivity index (χ2n) is 4.85. The zero-order chi connectivity index (χ0) is 13.7. The molecule has 1 aromatic heterocycles. The Kier molecular flexibility index (Phi) is 6.06. The van der Waals surface area contributed by atoms with Gasteiger partial charge in [-0.25, -0.2) is 0 Å². The maximum absolute atomic E-state index is 9.02. The van der Waals surface area contributed by atoms with Gasteiger partial charge in [-0.15, -0.1) is 11.3 Å². The van der Waals surface area contributed by atoms with Crippen LogP contribution in [0.15, 0.2) is 12.1 Å². The minimum atomic E-state index is 0.237. The topological polar surface area (TPSA) is 52.7 Å². The quantitative estimate of drug-likeness (QED) is 0.863. The van der Waals surface area contributed by atoms with Crippen molar-refractivity contribution in [2.45, 2.75) is 12.5 Å². The largest absolute Gasteiger partial charge is 0.395 e. The summed E-state index contributed by atoms with van der Waals surface area (Å²) in [5.41, 5.74) is 5.96. The van der Waals surface area contributed by atoms with Gasteiger partial charge in [-0.1, -0.05) is 11.6 Å². The Labute approximate surface area is 123 Å². The third-order valence-electron chi connectivity index (χ3n) is 3.63. The summed E-state index contributed by atoms with van der Waals surface area (Å²) in [5, 5.41) is 9.02. The lowest BCUT2D eigenvalue weighted by molar-refractivity contribution is 0.183. The normalized spacial score (nSPS) is 20.4. The fraction of sp³-hybridized carbons (Fsp3) is 0.692. The van der Waals surface area contributed by atoms with Crippen LogP contribution < -0.4 is 5.73 Å². The first-order valence-electron chi connectivity index (χ1n) is 6.77. The van der Waals surface area contributed by atoms with Gasteiger partial charge in [0.15, 0.2) is 0 Å². The van der Waals surface area contributed by atoms with Crippen LogP contribution in [0.2, 0.25) is 4.34 Å². The lowest BCUT2D eigenvalue weighted by Gasteiger charge is -2.29. The van der Waals surface area contributed by atoms with E-state index in [4.69, 9.17) is 22.4 Å². The molecule has 0 amide bonds. The molecule has 1 aromatic rings. The number of hydrogen-bond acceptors (Lipinski definition) is 5. The summed E-state index contributed by atoms with van der Waals surface area (Å²) >= 11 is 7.64. The predicted molar refractivity (Wildman–Crippen MR) is 80.8 cm³/mol. The molecular formula is C13H22ClN3OS. The van der Waals surface area contributed by atoms with Gasteiger partial charge < -0.3 is 10.8 Å². The molecule has 0 aromatic carbocycles. The van der Waals surface area contributed by atoms with Crippen LogP contribution in [0.25, 0.3) is 0 Å². The molecule has 0 radical (unpaired) electrons. The Balaban J connectivity index is 1.99. The van der Waals surface area contributed by atoms with Gasteiger partial charge in [0.1, 0.15) is 0 Å². The highest BCUT2D eigenvalue weighted by Gasteiger charge is 2.23. The highest BCUT2D eigenvalue weighted by Crippen LogP contribution is 2.30. The van der Waals surface area contributed by atoms with Gasteiger partial charge in [-0.2, -0.15) is 0 Å². The third kappa shape index (κ3) is 4.15. The van der Waals surface area contributed by atoms with E-state index in [0.717, 1.165) is 43.5 Å². The number of aliphatic hydroxyl groups excluding tert-OH is 1. The second-order valence-corrected chi connectivity index (χ2v) is 6.59. The van der Waals surface area contributed by atoms with Gasteiger partial charge in [-0.05, 0) is 25.1 Å². The molecule has 1 aliphatic heterocycles. The van der Waals surface area contributed by atoms with Crippen LogP contribution in [0.1, 0.15) is 17.3 Å². The predicted octanol–water partition coefficient (Wildman–Crippen LogP) is 1.40. The minimum Gasteiger partial charge on any atom is -0.395 e. The molecule has 0 aliphatic carbocycles. The van der Waals surface area contributed by atoms with Crippen molar-refractivity contribution in [2.75, 3.05) is 45.9 Å². The van der Waals surface area contributed by atoms with E-state index in [1.165, 1.54) is 4.88 Å². The van der Waals surface area contributed by atoms with Crippen molar-refractivity contribution in [2.24, 2.45) is 5.73 Å². The molecule has 0 spiro atoms. The van der Waals surface area contributed by atoms with Gasteiger partial charge >= 0.3 is 0 Å². The molecule has 1 unspecified atom stereocenters. The van der Waals surface area contributed by atoms with E-state index in [2.05, 4.69) is 15.9 Å². The summed E-state index contributed by atoms with van der Waals surface area (Å²) in [6.45, 7) is 5.73. The lowest BCUT2D eigenvalue weighted by atomic mass is 10.2. The highest BCUT2D eigenvalue weighted by atomic mass is 35.5. The van der Waals surface area contributed by atoms with Crippen molar-refractivity contribution in [3.8, 4) is 0 Å². The molecule has 1 saturated heterocycles. The van der Waals surface area contributed by atoms with E-state index in [9.17, 15) is 0 Å². The molecule has 108 valence electrons. The van der Waals surface area contributed by atoms with Gasteiger partial charge in [0, 0.05) is 37.6 Å². The average molecular weight is 304 g/mol. The molecule has 4 nitrogen and oxygen atoms in total. The molecule has 6 heteroatoms. The van der Waals surface area contributed by atoms with Crippen molar-refractivity contribution in [3.05, 3.63) is 21.3 Å². The summed E-state index contributed by atoms with van der Waals surface area (Å²) in [5.74, 6) is 0. The first-order chi connectivity index (χ1) is 9.24. The molecule has 19 heavy (non-hydrogen) atoms. The number of halogens is 1. The van der Waals surface area contributed by atoms with Crippen molar-refractivity contribution in [3.63, 3.8) is 0 Å². The smallest absolute Gasteiger partial charge is 0.0931 e. The maximum atomic E-state index is 9.02. The fourth-order valence-corrected chi connectivity index (χ4v) is 3.83. The third-order valence-corrected chi connectivity index (χ3v) is 4.96. The van der Waals surface area contributed by atoms with Crippen molar-refractivity contribution in [1.29, 1.82) is 0 Å². The number of rotatable bonds is 5. The highest BCUT2D eigenvalue weighted by molar-refractivity contribution is 7.16. The van der Waals surface area contributed by atoms with Crippen LogP contribution in [-0.2, 0) is 0 Å². The molecule has 0 saturated carbocycles. The van der Waals surface area contributed by atoms with Crippen LogP contribution in [0, 0.1) is 0 Å². The maximum Gasteiger partial charge on any atom is 0.0931 e. The lowest BCUT2D eigenvalue weighted by Crippen LogP contribution is -2.37. The second kappa shape index (κ2) is 7.57. The van der Waals surface area contributed by atoms with E-state index in [1.807, 2.05) is 6.07 Å². The van der Waals surface area contributed by atoms with Crippen molar-refractivity contribution < 1.29 is 5.11 Å². The average Bonchev–Trinajstić information content (AvgIpc) is 2.69. The number of β-amino-alcohol motifs (C(OH)–C–C–N with tert-alkyl or cyclic N) is 1. The molecule has 3 N–H and O–H groups in total. The van der Waals surface area contributed by atoms with Gasteiger partial charge in [0.25, 0.3) is 0 Å². The van der Waals surface area contributed by atoms with Gasteiger partial charge in [0.05, 0.1) is 17.0 Å². The van der Waals surface area contributed by atoms with Gasteiger partial charge in [0.2, 0.25) is 0 Å². The molecule has 1 fully saturated rings. The first-order valence-corrected chi connectivity index (χ1v) is 7.96. The zero-order valence-corrected chi connectivity index (χ0v) is 12.7. The molecule has 1 atom stereocenters. The number of aliphatic hydroxyl groups is 1. The summed E-state index contributed by atoms with van der Waals surface area (Å²) in [6, 6.07) is 4.30. The summed E-state index contributed by atoms with van der Waals surface area (Å²) < 4.78 is 0.824. The molecule has 0 bridgehead atoms. The Morgan fingerprint density at radius 3 is 2.79 bits per heavy atom. The summed E-state index contributed by atoms with van der Waals surface area (Å²) in [7, 11) is 0. The van der Waals surface area contributed by atoms with E-state index >= 15 is 0 Å². The molecular weight excluding hydrogens is 282 g/mol. The van der Waals surface area contributed by atoms with Crippen LogP contribution in [0.5, 0.6) is 0 Å². The Bertz CT molecular complexity index is 388. The molecule has 1 aliphatic rings. The zero-order valence-electron chi connectivity index (χ0n) is 11.1. The summed E-state index contributed by atoms with van der Waals surface area (Å²) in [4.78, 5) is 6.01. The van der Waals surface area contributed by atoms with E-state index < -0.39 is 0 Å². The van der Waals surface area contributed by atoms with Crippen molar-refractivity contribution >= 4 is 22.9 Å². The fourth-order valence-electron chi connectivity index (χ4n) is 2.62. The van der Waals surface area contributed by atoms with E-state index in [0.29, 0.717) is 6.54 Å². The number of nitrogens with zero attached hydrogens (tertiary/aromatic N) is 2. The van der Waals surface area contributed by atoms with Crippen LogP contribution in [0.4, 0.5) is 0 Å². The van der Waals surface area contributed by atoms with Crippen LogP contribution >= 0.6 is 22.9 Å². The number of thiophene rings is 1. The number of hydrogen-bond donors (Lipinski definition) is 2. The van der Waals surface area contributed by atoms with Crippen LogP contribution in [0.3, 0.4) is 0 Å². The monoisotopic (exact) mass is 303 g/mol. The van der Waals surface area contributed by atoms with E-state index in [-0.39, 0.29) is 12.6 Å². The van der Waals surface area contributed by atoms with Crippen molar-refractivity contribution in [1.82, 2.24) is 9.80 Å². The molecule has 2 heterocycles. The van der Waals surface area contributed by atoms with Gasteiger partial charge in [-0.3, -0.25) is 9.80 Å². The Hall–Kier alpha value is -0.170. The standard InChI is InChI=1S/C13H22ClN3OS/c14-13-3-2-12(19-13)11(10-15)17-5-1-4-16(6-7-17)8-9-18/h2-3,11,18H,1,4-10,15H2. The number of nitrogens with two attached hydrogens (primary N) is 1. The first kappa shape index (κ1) is 15.2. The SMILES string of the molecule is NCC(c1ccc(Cl)s1)N1CCCN(CCO)CC1. The Morgan fingerprint density at radius 2 is 2.16 bits per heavy atom. The minimum absolute atomic E-state index is 0.237. The van der Waals surface area contributed by atoms with Crippen LogP contribution in [-0.4, -0.2) is 60.8 Å². The summed E-state index contributed by atoms with van der Waals surface area (Å²) in [6.07, 6.45) is 1.12.